The van der Waals surface area contributed by atoms with Crippen LogP contribution in [-0.4, -0.2) is 0 Å². The van der Waals surface area contributed by atoms with E-state index in [9.17, 15) is 0 Å². The molecule has 0 bridgehead atoms. The van der Waals surface area contributed by atoms with Gasteiger partial charge in [-0.1, -0.05) is 199 Å². The molecule has 3 aliphatic rings. The molecule has 1 heteroatoms. The summed E-state index contributed by atoms with van der Waals surface area (Å²) in [7, 11) is 0. The van der Waals surface area contributed by atoms with Crippen molar-refractivity contribution in [1.82, 2.24) is 0 Å². The van der Waals surface area contributed by atoms with Crippen molar-refractivity contribution in [1.29, 1.82) is 0 Å². The van der Waals surface area contributed by atoms with E-state index in [1.165, 1.54) is 132 Å². The van der Waals surface area contributed by atoms with Crippen LogP contribution < -0.4 is 4.90 Å². The molecule has 2 atom stereocenters. The number of aryl methyl sites for hydroxylation is 3. The number of hydrogen-bond acceptors (Lipinski definition) is 1. The Kier molecular flexibility index (Phi) is 10.1. The predicted molar refractivity (Wildman–Crippen MR) is 295 cm³/mol. The van der Waals surface area contributed by atoms with E-state index in [0.717, 1.165) is 18.4 Å². The van der Waals surface area contributed by atoms with E-state index in [1.54, 1.807) is 0 Å². The molecule has 328 valence electrons. The van der Waals surface area contributed by atoms with Crippen molar-refractivity contribution >= 4 is 70.8 Å². The predicted octanol–water partition coefficient (Wildman–Crippen LogP) is 18.4. The summed E-state index contributed by atoms with van der Waals surface area (Å²) in [5, 5.41) is 12.9. The average Bonchev–Trinajstić information content (AvgIpc) is 3.35. The van der Waals surface area contributed by atoms with Crippen molar-refractivity contribution in [2.45, 2.75) is 53.4 Å². The fourth-order valence-corrected chi connectivity index (χ4v) is 11.8. The summed E-state index contributed by atoms with van der Waals surface area (Å²) in [5.41, 5.74) is 19.0. The van der Waals surface area contributed by atoms with Crippen LogP contribution in [-0.2, 0) is 0 Å². The van der Waals surface area contributed by atoms with Crippen molar-refractivity contribution in [3.05, 3.63) is 257 Å². The third kappa shape index (κ3) is 6.83. The molecule has 0 N–H and O–H groups in total. The molecule has 2 unspecified atom stereocenters. The molecule has 0 saturated carbocycles. The van der Waals surface area contributed by atoms with Crippen LogP contribution in [0.2, 0.25) is 0 Å². The highest BCUT2D eigenvalue weighted by atomic mass is 15.2. The molecule has 0 aromatic heterocycles. The second kappa shape index (κ2) is 16.5. The van der Waals surface area contributed by atoms with Crippen molar-refractivity contribution in [3.8, 4) is 11.1 Å². The van der Waals surface area contributed by atoms with E-state index in [0.29, 0.717) is 0 Å². The highest BCUT2D eigenvalue weighted by Crippen LogP contribution is 2.51. The lowest BCUT2D eigenvalue weighted by molar-refractivity contribution is 0.663. The number of fused-ring (bicyclic) bond motifs is 4. The number of benzene rings is 9. The summed E-state index contributed by atoms with van der Waals surface area (Å²) in [5.74, 6) is 0.238. The van der Waals surface area contributed by atoms with E-state index in [-0.39, 0.29) is 11.8 Å². The maximum Gasteiger partial charge on any atom is 0.0572 e. The first-order valence-electron chi connectivity index (χ1n) is 24.3. The van der Waals surface area contributed by atoms with Gasteiger partial charge in [-0.25, -0.2) is 0 Å². The fraction of sp³-hybridized carbons (Fsp3) is 0.134. The number of anilines is 1. The first-order chi connectivity index (χ1) is 33.2. The topological polar surface area (TPSA) is 3.24 Å². The molecule has 0 amide bonds. The molecule has 68 heavy (non-hydrogen) atoms. The first kappa shape index (κ1) is 41.7. The number of nitrogens with zero attached hydrogens (tertiary/aromatic N) is 1. The average molecular weight is 874 g/mol. The third-order valence-electron chi connectivity index (χ3n) is 14.9. The Morgan fingerprint density at radius 1 is 0.618 bits per heavy atom. The summed E-state index contributed by atoms with van der Waals surface area (Å²) in [6.07, 6.45) is 23.2. The van der Waals surface area contributed by atoms with Gasteiger partial charge in [0.25, 0.3) is 0 Å². The van der Waals surface area contributed by atoms with Crippen LogP contribution in [0.3, 0.4) is 0 Å². The zero-order valence-electron chi connectivity index (χ0n) is 39.7. The summed E-state index contributed by atoms with van der Waals surface area (Å²) >= 11 is 0. The van der Waals surface area contributed by atoms with Crippen LogP contribution in [0.4, 0.5) is 5.69 Å². The molecule has 3 aliphatic carbocycles. The van der Waals surface area contributed by atoms with E-state index in [1.807, 2.05) is 0 Å². The van der Waals surface area contributed by atoms with Gasteiger partial charge in [-0.3, -0.25) is 0 Å². The molecule has 1 nitrogen and oxygen atoms in total. The van der Waals surface area contributed by atoms with Crippen LogP contribution in [0.1, 0.15) is 66.0 Å². The van der Waals surface area contributed by atoms with Crippen LogP contribution >= 0.6 is 0 Å². The maximum atomic E-state index is 4.49. The summed E-state index contributed by atoms with van der Waals surface area (Å²) in [6.45, 7) is 15.5. The minimum atomic E-state index is 0.0998. The Morgan fingerprint density at radius 2 is 1.29 bits per heavy atom. The van der Waals surface area contributed by atoms with Crippen LogP contribution in [0.25, 0.3) is 76.3 Å². The lowest BCUT2D eigenvalue weighted by atomic mass is 9.71. The second-order valence-corrected chi connectivity index (χ2v) is 19.6. The standard InChI is InChI=1S/C67H55N/c1-41(2)37-46(28-35-54-52-15-7-13-21-60(52)67(61-22-14-8-16-53(54)61)68(49-30-23-42(3)24-31-49)50-32-25-43(4)26-33-50)64-55-17-9-11-19-57(55)65(58-20-12-10-18-56(58)64)62-40-45(6)51-34-27-47-38-44(5)39-48-29-36-59(62)66(51)63(47)48/h7-25,27-32,34-40,52,54H,1,26,33H2,2-6H3/b35-28+,46-37+. The van der Waals surface area contributed by atoms with E-state index >= 15 is 0 Å². The van der Waals surface area contributed by atoms with Gasteiger partial charge in [0.1, 0.15) is 0 Å². The number of allylic oxidation sites excluding steroid dienone is 14. The summed E-state index contributed by atoms with van der Waals surface area (Å²) in [6, 6.07) is 52.9. The van der Waals surface area contributed by atoms with Gasteiger partial charge in [-0.15, -0.1) is 0 Å². The van der Waals surface area contributed by atoms with Gasteiger partial charge in [0.05, 0.1) is 5.70 Å². The monoisotopic (exact) mass is 873 g/mol. The molecule has 0 aliphatic heterocycles. The second-order valence-electron chi connectivity index (χ2n) is 19.6. The van der Waals surface area contributed by atoms with Crippen molar-refractivity contribution in [3.63, 3.8) is 0 Å². The molecule has 9 aromatic carbocycles. The molecule has 0 heterocycles. The fourth-order valence-electron chi connectivity index (χ4n) is 11.8. The smallest absolute Gasteiger partial charge is 0.0572 e. The Labute approximate surface area is 400 Å². The van der Waals surface area contributed by atoms with Gasteiger partial charge in [0.15, 0.2) is 0 Å². The number of rotatable bonds is 8. The highest BCUT2D eigenvalue weighted by Gasteiger charge is 2.36. The molecule has 0 saturated heterocycles. The van der Waals surface area contributed by atoms with Crippen LogP contribution in [0.5, 0.6) is 0 Å². The van der Waals surface area contributed by atoms with E-state index < -0.39 is 0 Å². The third-order valence-corrected chi connectivity index (χ3v) is 14.9. The van der Waals surface area contributed by atoms with E-state index in [4.69, 9.17) is 0 Å². The Hall–Kier alpha value is -7.74. The van der Waals surface area contributed by atoms with Gasteiger partial charge in [-0.05, 0) is 164 Å². The lowest BCUT2D eigenvalue weighted by Crippen LogP contribution is -2.30. The molecule has 0 spiro atoms. The quantitative estimate of drug-likeness (QED) is 0.0835. The van der Waals surface area contributed by atoms with E-state index in [2.05, 4.69) is 240 Å². The SMILES string of the molecule is C=C(C)/C=C(\C=C\C1c2ccccc2C(N(C2=CC=C(C)CC2)c2ccc(C)cc2)=C2C=CC=CC21)c1c2ccccc2c(-c2cc(C)c3ccc4cc(C)cc5ccc2c3c45)c2ccccc12. The van der Waals surface area contributed by atoms with Gasteiger partial charge < -0.3 is 4.90 Å². The van der Waals surface area contributed by atoms with Gasteiger partial charge in [0.2, 0.25) is 0 Å². The summed E-state index contributed by atoms with van der Waals surface area (Å²) in [4.78, 5) is 2.56. The minimum absolute atomic E-state index is 0.0998. The van der Waals surface area contributed by atoms with Gasteiger partial charge in [-0.2, -0.15) is 0 Å². The van der Waals surface area contributed by atoms with Gasteiger partial charge in [0, 0.05) is 28.8 Å². The first-order valence-corrected chi connectivity index (χ1v) is 24.3. The Bertz CT molecular complexity index is 3720. The van der Waals surface area contributed by atoms with Crippen LogP contribution in [0, 0.1) is 26.7 Å². The Balaban J connectivity index is 1.05. The highest BCUT2D eigenvalue weighted by molar-refractivity contribution is 6.29. The van der Waals surface area contributed by atoms with Crippen molar-refractivity contribution < 1.29 is 0 Å². The molecule has 0 fully saturated rings. The molecule has 0 radical (unpaired) electrons. The normalized spacial score (nSPS) is 17.2. The molecular weight excluding hydrogens is 819 g/mol. The maximum absolute atomic E-state index is 4.49. The molecule has 9 aromatic rings. The van der Waals surface area contributed by atoms with Crippen LogP contribution in [0.15, 0.2) is 223 Å². The summed E-state index contributed by atoms with van der Waals surface area (Å²) < 4.78 is 0. The minimum Gasteiger partial charge on any atom is -0.313 e. The van der Waals surface area contributed by atoms with Crippen molar-refractivity contribution in [2.75, 3.05) is 4.90 Å². The zero-order valence-corrected chi connectivity index (χ0v) is 39.7. The molecule has 12 rings (SSSR count). The largest absolute Gasteiger partial charge is 0.313 e. The Morgan fingerprint density at radius 3 is 1.99 bits per heavy atom. The molecular formula is C67H55N. The number of hydrogen-bond donors (Lipinski definition) is 0. The lowest BCUT2D eigenvalue weighted by Gasteiger charge is -2.41. The zero-order chi connectivity index (χ0) is 46.2. The van der Waals surface area contributed by atoms with Crippen molar-refractivity contribution in [2.24, 2.45) is 5.92 Å². The van der Waals surface area contributed by atoms with Gasteiger partial charge >= 0.3 is 0 Å².